The fourth-order valence-electron chi connectivity index (χ4n) is 1.36. The fourth-order valence-corrected chi connectivity index (χ4v) is 1.36. The molecule has 0 aliphatic carbocycles. The number of aryl methyl sites for hydroxylation is 1. The highest BCUT2D eigenvalue weighted by Gasteiger charge is 2.03. The lowest BCUT2D eigenvalue weighted by atomic mass is 10.2. The molecule has 82 valence electrons. The van der Waals surface area contributed by atoms with Crippen LogP contribution >= 0.6 is 0 Å². The van der Waals surface area contributed by atoms with Crippen LogP contribution in [0.15, 0.2) is 42.6 Å². The predicted molar refractivity (Wildman–Crippen MR) is 59.7 cm³/mol. The van der Waals surface area contributed by atoms with E-state index in [0.29, 0.717) is 0 Å². The first-order chi connectivity index (χ1) is 7.75. The van der Waals surface area contributed by atoms with Gasteiger partial charge in [-0.15, -0.1) is 0 Å². The van der Waals surface area contributed by atoms with Gasteiger partial charge >= 0.3 is 0 Å². The van der Waals surface area contributed by atoms with E-state index < -0.39 is 0 Å². The van der Waals surface area contributed by atoms with E-state index in [0.717, 1.165) is 11.3 Å². The normalized spacial score (nSPS) is 10.1. The van der Waals surface area contributed by atoms with E-state index in [-0.39, 0.29) is 18.2 Å². The molecular formula is C13H12FNO. The first kappa shape index (κ1) is 10.6. The van der Waals surface area contributed by atoms with Gasteiger partial charge in [0.15, 0.2) is 11.6 Å². The van der Waals surface area contributed by atoms with Gasteiger partial charge in [0.05, 0.1) is 5.69 Å². The van der Waals surface area contributed by atoms with Crippen molar-refractivity contribution in [1.29, 1.82) is 0 Å². The zero-order valence-corrected chi connectivity index (χ0v) is 8.98. The van der Waals surface area contributed by atoms with Gasteiger partial charge in [0.25, 0.3) is 0 Å². The molecule has 0 unspecified atom stereocenters. The van der Waals surface area contributed by atoms with Crippen LogP contribution in [0.25, 0.3) is 0 Å². The summed E-state index contributed by atoms with van der Waals surface area (Å²) in [5.74, 6) is -0.0767. The molecule has 0 N–H and O–H groups in total. The summed E-state index contributed by atoms with van der Waals surface area (Å²) in [6.45, 7) is 2.17. The Bertz CT molecular complexity index is 471. The number of rotatable bonds is 3. The van der Waals surface area contributed by atoms with E-state index in [2.05, 4.69) is 4.98 Å². The number of halogens is 1. The summed E-state index contributed by atoms with van der Waals surface area (Å²) >= 11 is 0. The van der Waals surface area contributed by atoms with Crippen LogP contribution in [0.4, 0.5) is 4.39 Å². The zero-order valence-electron chi connectivity index (χ0n) is 8.98. The van der Waals surface area contributed by atoms with Crippen molar-refractivity contribution in [2.24, 2.45) is 0 Å². The minimum atomic E-state index is -0.346. The zero-order chi connectivity index (χ0) is 11.4. The fraction of sp³-hybridized carbons (Fsp3) is 0.154. The summed E-state index contributed by atoms with van der Waals surface area (Å²) in [7, 11) is 0. The SMILES string of the molecule is Cc1ccc(F)c(OCc2ccccn2)c1. The van der Waals surface area contributed by atoms with Gasteiger partial charge in [-0.1, -0.05) is 12.1 Å². The molecule has 0 fully saturated rings. The molecule has 0 amide bonds. The maximum absolute atomic E-state index is 13.3. The average molecular weight is 217 g/mol. The highest BCUT2D eigenvalue weighted by atomic mass is 19.1. The van der Waals surface area contributed by atoms with Gasteiger partial charge in [0.2, 0.25) is 0 Å². The lowest BCUT2D eigenvalue weighted by molar-refractivity contribution is 0.285. The van der Waals surface area contributed by atoms with Gasteiger partial charge < -0.3 is 4.74 Å². The molecule has 0 aliphatic rings. The number of hydrogen-bond donors (Lipinski definition) is 0. The Balaban J connectivity index is 2.08. The number of ether oxygens (including phenoxy) is 1. The quantitative estimate of drug-likeness (QED) is 0.788. The lowest BCUT2D eigenvalue weighted by Gasteiger charge is -2.07. The van der Waals surface area contributed by atoms with Gasteiger partial charge in [-0.3, -0.25) is 4.98 Å². The molecule has 0 spiro atoms. The standard InChI is InChI=1S/C13H12FNO/c1-10-5-6-12(14)13(8-10)16-9-11-4-2-3-7-15-11/h2-8H,9H2,1H3. The molecule has 1 heterocycles. The Morgan fingerprint density at radius 3 is 2.88 bits per heavy atom. The molecule has 0 bridgehead atoms. The highest BCUT2D eigenvalue weighted by Crippen LogP contribution is 2.19. The van der Waals surface area contributed by atoms with E-state index in [4.69, 9.17) is 4.74 Å². The summed E-state index contributed by atoms with van der Waals surface area (Å²) in [6, 6.07) is 10.3. The van der Waals surface area contributed by atoms with Crippen LogP contribution in [0.1, 0.15) is 11.3 Å². The topological polar surface area (TPSA) is 22.1 Å². The molecule has 2 nitrogen and oxygen atoms in total. The number of benzene rings is 1. The Hall–Kier alpha value is -1.90. The van der Waals surface area contributed by atoms with E-state index in [1.165, 1.54) is 6.07 Å². The van der Waals surface area contributed by atoms with Crippen molar-refractivity contribution in [2.75, 3.05) is 0 Å². The van der Waals surface area contributed by atoms with E-state index >= 15 is 0 Å². The molecule has 0 radical (unpaired) electrons. The monoisotopic (exact) mass is 217 g/mol. The molecule has 0 atom stereocenters. The van der Waals surface area contributed by atoms with E-state index in [1.54, 1.807) is 18.3 Å². The molecule has 3 heteroatoms. The van der Waals surface area contributed by atoms with E-state index in [1.807, 2.05) is 25.1 Å². The van der Waals surface area contributed by atoms with Gasteiger partial charge in [0, 0.05) is 6.20 Å². The van der Waals surface area contributed by atoms with Crippen molar-refractivity contribution in [3.63, 3.8) is 0 Å². The Morgan fingerprint density at radius 1 is 1.25 bits per heavy atom. The Labute approximate surface area is 93.7 Å². The number of pyridine rings is 1. The van der Waals surface area contributed by atoms with Crippen LogP contribution in [-0.4, -0.2) is 4.98 Å². The Kier molecular flexibility index (Phi) is 3.15. The van der Waals surface area contributed by atoms with Crippen LogP contribution in [0, 0.1) is 12.7 Å². The smallest absolute Gasteiger partial charge is 0.165 e. The highest BCUT2D eigenvalue weighted by molar-refractivity contribution is 5.29. The largest absolute Gasteiger partial charge is 0.484 e. The van der Waals surface area contributed by atoms with Crippen LogP contribution < -0.4 is 4.74 Å². The first-order valence-corrected chi connectivity index (χ1v) is 5.04. The second-order valence-corrected chi connectivity index (χ2v) is 3.54. The molecule has 16 heavy (non-hydrogen) atoms. The van der Waals surface area contributed by atoms with Gasteiger partial charge in [0.1, 0.15) is 6.61 Å². The maximum atomic E-state index is 13.3. The summed E-state index contributed by atoms with van der Waals surface area (Å²) < 4.78 is 18.7. The van der Waals surface area contributed by atoms with Gasteiger partial charge in [-0.25, -0.2) is 4.39 Å². The molecule has 1 aromatic carbocycles. The summed E-state index contributed by atoms with van der Waals surface area (Å²) in [5.41, 5.74) is 1.75. The summed E-state index contributed by atoms with van der Waals surface area (Å²) in [6.07, 6.45) is 1.69. The van der Waals surface area contributed by atoms with Gasteiger partial charge in [-0.2, -0.15) is 0 Å². The van der Waals surface area contributed by atoms with Crippen LogP contribution in [-0.2, 0) is 6.61 Å². The maximum Gasteiger partial charge on any atom is 0.165 e. The second kappa shape index (κ2) is 4.75. The summed E-state index contributed by atoms with van der Waals surface area (Å²) in [4.78, 5) is 4.10. The lowest BCUT2D eigenvalue weighted by Crippen LogP contribution is -1.99. The second-order valence-electron chi connectivity index (χ2n) is 3.54. The van der Waals surface area contributed by atoms with Crippen molar-refractivity contribution in [3.05, 3.63) is 59.7 Å². The van der Waals surface area contributed by atoms with Crippen molar-refractivity contribution >= 4 is 0 Å². The van der Waals surface area contributed by atoms with Gasteiger partial charge in [-0.05, 0) is 36.8 Å². The van der Waals surface area contributed by atoms with Crippen molar-refractivity contribution in [1.82, 2.24) is 4.98 Å². The minimum absolute atomic E-state index is 0.269. The Morgan fingerprint density at radius 2 is 2.12 bits per heavy atom. The third-order valence-electron chi connectivity index (χ3n) is 2.19. The predicted octanol–water partition coefficient (Wildman–Crippen LogP) is 3.11. The molecular weight excluding hydrogens is 205 g/mol. The van der Waals surface area contributed by atoms with Crippen molar-refractivity contribution in [3.8, 4) is 5.75 Å². The van der Waals surface area contributed by atoms with Crippen LogP contribution in [0.2, 0.25) is 0 Å². The van der Waals surface area contributed by atoms with Crippen LogP contribution in [0.5, 0.6) is 5.75 Å². The molecule has 0 saturated carbocycles. The number of hydrogen-bond acceptors (Lipinski definition) is 2. The molecule has 2 aromatic rings. The molecule has 0 saturated heterocycles. The van der Waals surface area contributed by atoms with Crippen molar-refractivity contribution < 1.29 is 9.13 Å². The third-order valence-corrected chi connectivity index (χ3v) is 2.19. The molecule has 0 aliphatic heterocycles. The molecule has 1 aromatic heterocycles. The minimum Gasteiger partial charge on any atom is -0.484 e. The first-order valence-electron chi connectivity index (χ1n) is 5.04. The number of nitrogens with zero attached hydrogens (tertiary/aromatic N) is 1. The molecule has 2 rings (SSSR count). The third kappa shape index (κ3) is 2.57. The van der Waals surface area contributed by atoms with Crippen molar-refractivity contribution in [2.45, 2.75) is 13.5 Å². The van der Waals surface area contributed by atoms with E-state index in [9.17, 15) is 4.39 Å². The van der Waals surface area contributed by atoms with Crippen LogP contribution in [0.3, 0.4) is 0 Å². The average Bonchev–Trinajstić information content (AvgIpc) is 2.32. The summed E-state index contributed by atoms with van der Waals surface area (Å²) in [5, 5.41) is 0. The number of aromatic nitrogens is 1.